The highest BCUT2D eigenvalue weighted by atomic mass is 35.5. The molecule has 1 aromatic carbocycles. The SMILES string of the molecule is CCCOC(=O)CC(=O)C(=Cc1ccccc1Cl)OCC. The fourth-order valence-corrected chi connectivity index (χ4v) is 1.77. The van der Waals surface area contributed by atoms with Crippen LogP contribution < -0.4 is 0 Å². The zero-order chi connectivity index (χ0) is 15.7. The Morgan fingerprint density at radius 1 is 1.19 bits per heavy atom. The highest BCUT2D eigenvalue weighted by molar-refractivity contribution is 6.32. The summed E-state index contributed by atoms with van der Waals surface area (Å²) in [4.78, 5) is 23.6. The van der Waals surface area contributed by atoms with Gasteiger partial charge < -0.3 is 9.47 Å². The monoisotopic (exact) mass is 310 g/mol. The maximum atomic E-state index is 12.1. The van der Waals surface area contributed by atoms with Crippen LogP contribution in [0.3, 0.4) is 0 Å². The average molecular weight is 311 g/mol. The van der Waals surface area contributed by atoms with Crippen molar-refractivity contribution in [2.24, 2.45) is 0 Å². The number of hydrogen-bond acceptors (Lipinski definition) is 4. The molecule has 0 aliphatic rings. The first-order chi connectivity index (χ1) is 10.1. The number of Topliss-reactive ketones (excluding diaryl/α,β-unsaturated/α-hetero) is 1. The first kappa shape index (κ1) is 17.2. The summed E-state index contributed by atoms with van der Waals surface area (Å²) in [7, 11) is 0. The molecule has 5 heteroatoms. The van der Waals surface area contributed by atoms with Gasteiger partial charge in [0.25, 0.3) is 0 Å². The molecule has 0 bridgehead atoms. The Morgan fingerprint density at radius 3 is 2.52 bits per heavy atom. The second-order valence-electron chi connectivity index (χ2n) is 4.28. The number of benzene rings is 1. The third kappa shape index (κ3) is 6.00. The van der Waals surface area contributed by atoms with Gasteiger partial charge in [0.2, 0.25) is 5.78 Å². The molecule has 0 aromatic heterocycles. The molecule has 114 valence electrons. The van der Waals surface area contributed by atoms with E-state index >= 15 is 0 Å². The fraction of sp³-hybridized carbons (Fsp3) is 0.375. The van der Waals surface area contributed by atoms with Gasteiger partial charge in [-0.1, -0.05) is 36.7 Å². The van der Waals surface area contributed by atoms with Gasteiger partial charge in [-0.15, -0.1) is 0 Å². The Morgan fingerprint density at radius 2 is 1.90 bits per heavy atom. The molecule has 0 spiro atoms. The van der Waals surface area contributed by atoms with E-state index in [2.05, 4.69) is 0 Å². The predicted octanol–water partition coefficient (Wildman–Crippen LogP) is 3.63. The van der Waals surface area contributed by atoms with Crippen molar-refractivity contribution in [3.63, 3.8) is 0 Å². The summed E-state index contributed by atoms with van der Waals surface area (Å²) >= 11 is 6.04. The number of halogens is 1. The van der Waals surface area contributed by atoms with E-state index in [-0.39, 0.29) is 12.2 Å². The average Bonchev–Trinajstić information content (AvgIpc) is 2.46. The maximum Gasteiger partial charge on any atom is 0.313 e. The normalized spacial score (nSPS) is 11.1. The van der Waals surface area contributed by atoms with E-state index in [1.807, 2.05) is 6.92 Å². The minimum atomic E-state index is -0.549. The predicted molar refractivity (Wildman–Crippen MR) is 81.9 cm³/mol. The maximum absolute atomic E-state index is 12.1. The molecular weight excluding hydrogens is 292 g/mol. The van der Waals surface area contributed by atoms with Crippen molar-refractivity contribution in [1.82, 2.24) is 0 Å². The second kappa shape index (κ2) is 9.19. The lowest BCUT2D eigenvalue weighted by Gasteiger charge is -2.08. The van der Waals surface area contributed by atoms with E-state index in [1.54, 1.807) is 37.3 Å². The molecule has 0 N–H and O–H groups in total. The van der Waals surface area contributed by atoms with Crippen LogP contribution in [-0.2, 0) is 19.1 Å². The minimum absolute atomic E-state index is 0.110. The van der Waals surface area contributed by atoms with Crippen molar-refractivity contribution in [3.05, 3.63) is 40.6 Å². The number of carbonyl (C=O) groups excluding carboxylic acids is 2. The first-order valence-electron chi connectivity index (χ1n) is 6.86. The van der Waals surface area contributed by atoms with Crippen molar-refractivity contribution in [1.29, 1.82) is 0 Å². The summed E-state index contributed by atoms with van der Waals surface area (Å²) in [6.45, 7) is 4.29. The lowest BCUT2D eigenvalue weighted by molar-refractivity contribution is -0.146. The van der Waals surface area contributed by atoms with Crippen molar-refractivity contribution >= 4 is 29.4 Å². The smallest absolute Gasteiger partial charge is 0.313 e. The van der Waals surface area contributed by atoms with Gasteiger partial charge in [-0.25, -0.2) is 0 Å². The Hall–Kier alpha value is -1.81. The van der Waals surface area contributed by atoms with Gasteiger partial charge in [0.15, 0.2) is 5.76 Å². The summed E-state index contributed by atoms with van der Waals surface area (Å²) in [5.41, 5.74) is 0.665. The topological polar surface area (TPSA) is 52.6 Å². The van der Waals surface area contributed by atoms with Crippen LogP contribution in [0, 0.1) is 0 Å². The van der Waals surface area contributed by atoms with Crippen LogP contribution >= 0.6 is 11.6 Å². The van der Waals surface area contributed by atoms with Crippen molar-refractivity contribution < 1.29 is 19.1 Å². The number of ether oxygens (including phenoxy) is 2. The van der Waals surface area contributed by atoms with Crippen molar-refractivity contribution in [3.8, 4) is 0 Å². The van der Waals surface area contributed by atoms with Crippen LogP contribution in [0.15, 0.2) is 30.0 Å². The Labute approximate surface area is 129 Å². The van der Waals surface area contributed by atoms with Gasteiger partial charge in [0, 0.05) is 5.02 Å². The molecule has 0 unspecified atom stereocenters. The van der Waals surface area contributed by atoms with Gasteiger partial charge in [-0.2, -0.15) is 0 Å². The lowest BCUT2D eigenvalue weighted by atomic mass is 10.1. The van der Waals surface area contributed by atoms with Gasteiger partial charge in [-0.3, -0.25) is 9.59 Å². The zero-order valence-electron chi connectivity index (χ0n) is 12.2. The molecule has 0 saturated carbocycles. The molecule has 1 aromatic rings. The molecule has 0 radical (unpaired) electrons. The van der Waals surface area contributed by atoms with E-state index in [0.717, 1.165) is 0 Å². The van der Waals surface area contributed by atoms with Gasteiger partial charge in [0.1, 0.15) is 6.42 Å². The van der Waals surface area contributed by atoms with Gasteiger partial charge >= 0.3 is 5.97 Å². The summed E-state index contributed by atoms with van der Waals surface area (Å²) in [6.07, 6.45) is 1.92. The Bertz CT molecular complexity index is 523. The molecule has 0 fully saturated rings. The highest BCUT2D eigenvalue weighted by Gasteiger charge is 2.17. The zero-order valence-corrected chi connectivity index (χ0v) is 13.0. The number of esters is 1. The van der Waals surface area contributed by atoms with Crippen LogP contribution in [-0.4, -0.2) is 25.0 Å². The number of hydrogen-bond donors (Lipinski definition) is 0. The minimum Gasteiger partial charge on any atom is -0.490 e. The molecular formula is C16H19ClO4. The number of carbonyl (C=O) groups is 2. The van der Waals surface area contributed by atoms with Gasteiger partial charge in [-0.05, 0) is 31.1 Å². The summed E-state index contributed by atoms with van der Waals surface area (Å²) in [6, 6.07) is 7.09. The number of allylic oxidation sites excluding steroid dienone is 1. The molecule has 0 amide bonds. The Balaban J connectivity index is 2.83. The summed E-state index contributed by atoms with van der Waals surface area (Å²) in [5, 5.41) is 0.510. The van der Waals surface area contributed by atoms with E-state index < -0.39 is 11.8 Å². The van der Waals surface area contributed by atoms with Crippen molar-refractivity contribution in [2.45, 2.75) is 26.7 Å². The van der Waals surface area contributed by atoms with Crippen molar-refractivity contribution in [2.75, 3.05) is 13.2 Å². The molecule has 1 rings (SSSR count). The number of rotatable bonds is 8. The lowest BCUT2D eigenvalue weighted by Crippen LogP contribution is -2.15. The number of ketones is 1. The quantitative estimate of drug-likeness (QED) is 0.318. The first-order valence-corrected chi connectivity index (χ1v) is 7.24. The third-order valence-electron chi connectivity index (χ3n) is 2.54. The second-order valence-corrected chi connectivity index (χ2v) is 4.69. The highest BCUT2D eigenvalue weighted by Crippen LogP contribution is 2.19. The van der Waals surface area contributed by atoms with Crippen LogP contribution in [0.4, 0.5) is 0 Å². The van der Waals surface area contributed by atoms with E-state index in [4.69, 9.17) is 21.1 Å². The van der Waals surface area contributed by atoms with Crippen LogP contribution in [0.5, 0.6) is 0 Å². The summed E-state index contributed by atoms with van der Waals surface area (Å²) < 4.78 is 10.2. The summed E-state index contributed by atoms with van der Waals surface area (Å²) in [5.74, 6) is -0.858. The van der Waals surface area contributed by atoms with E-state index in [0.29, 0.717) is 30.2 Å². The molecule has 0 atom stereocenters. The van der Waals surface area contributed by atoms with E-state index in [9.17, 15) is 9.59 Å². The van der Waals surface area contributed by atoms with Crippen LogP contribution in [0.1, 0.15) is 32.3 Å². The molecule has 0 aliphatic carbocycles. The molecule has 0 saturated heterocycles. The molecule has 21 heavy (non-hydrogen) atoms. The molecule has 0 heterocycles. The van der Waals surface area contributed by atoms with Gasteiger partial charge in [0.05, 0.1) is 13.2 Å². The van der Waals surface area contributed by atoms with Crippen LogP contribution in [0.25, 0.3) is 6.08 Å². The third-order valence-corrected chi connectivity index (χ3v) is 2.88. The van der Waals surface area contributed by atoms with E-state index in [1.165, 1.54) is 0 Å². The molecule has 0 aliphatic heterocycles. The van der Waals surface area contributed by atoms with Crippen LogP contribution in [0.2, 0.25) is 5.02 Å². The fourth-order valence-electron chi connectivity index (χ4n) is 1.58. The Kier molecular flexibility index (Phi) is 7.54. The largest absolute Gasteiger partial charge is 0.490 e. The molecule has 4 nitrogen and oxygen atoms in total. The standard InChI is InChI=1S/C16H19ClO4/c1-3-9-21-16(19)11-14(18)15(20-4-2)10-12-7-5-6-8-13(12)17/h5-8,10H,3-4,9,11H2,1-2H3.